The molecule has 0 bridgehead atoms. The smallest absolute Gasteiger partial charge is 0.117 e. The van der Waals surface area contributed by atoms with E-state index in [1.807, 2.05) is 12.1 Å². The van der Waals surface area contributed by atoms with Crippen molar-refractivity contribution in [1.29, 1.82) is 0 Å². The van der Waals surface area contributed by atoms with E-state index in [1.54, 1.807) is 6.07 Å². The molecule has 2 heteroatoms. The SMILES string of the molecule is Oc1ccc2c(C3CCC3)cn(Cc3ccccc3)c2c1. The number of rotatable bonds is 3. The van der Waals surface area contributed by atoms with E-state index in [0.717, 1.165) is 12.1 Å². The van der Waals surface area contributed by atoms with Gasteiger partial charge < -0.3 is 9.67 Å². The third-order valence-corrected chi connectivity index (χ3v) is 4.64. The van der Waals surface area contributed by atoms with Crippen LogP contribution in [0.5, 0.6) is 5.75 Å². The molecule has 0 radical (unpaired) electrons. The zero-order valence-electron chi connectivity index (χ0n) is 12.0. The number of benzene rings is 2. The summed E-state index contributed by atoms with van der Waals surface area (Å²) in [5.74, 6) is 1.05. The maximum absolute atomic E-state index is 9.83. The minimum Gasteiger partial charge on any atom is -0.508 e. The first-order chi connectivity index (χ1) is 10.3. The molecule has 2 nitrogen and oxygen atoms in total. The second-order valence-corrected chi connectivity index (χ2v) is 6.03. The van der Waals surface area contributed by atoms with Crippen LogP contribution < -0.4 is 0 Å². The van der Waals surface area contributed by atoms with Crippen LogP contribution >= 0.6 is 0 Å². The summed E-state index contributed by atoms with van der Waals surface area (Å²) in [5, 5.41) is 11.1. The highest BCUT2D eigenvalue weighted by atomic mass is 16.3. The number of nitrogens with zero attached hydrogens (tertiary/aromatic N) is 1. The molecule has 1 heterocycles. The minimum atomic E-state index is 0.343. The van der Waals surface area contributed by atoms with E-state index in [0.29, 0.717) is 11.7 Å². The molecule has 1 fully saturated rings. The van der Waals surface area contributed by atoms with Crippen molar-refractivity contribution in [2.75, 3.05) is 0 Å². The predicted octanol–water partition coefficient (Wildman–Crippen LogP) is 4.66. The number of phenols is 1. The first-order valence-electron chi connectivity index (χ1n) is 7.67. The van der Waals surface area contributed by atoms with Gasteiger partial charge in [-0.2, -0.15) is 0 Å². The average Bonchev–Trinajstić information content (AvgIpc) is 2.76. The molecule has 1 aromatic heterocycles. The second kappa shape index (κ2) is 4.96. The lowest BCUT2D eigenvalue weighted by molar-refractivity contribution is 0.421. The third kappa shape index (κ3) is 2.21. The molecule has 0 saturated heterocycles. The maximum Gasteiger partial charge on any atom is 0.117 e. The van der Waals surface area contributed by atoms with Crippen LogP contribution in [0.25, 0.3) is 10.9 Å². The van der Waals surface area contributed by atoms with Crippen molar-refractivity contribution in [2.45, 2.75) is 31.7 Å². The van der Waals surface area contributed by atoms with Gasteiger partial charge in [-0.1, -0.05) is 36.8 Å². The summed E-state index contributed by atoms with van der Waals surface area (Å²) < 4.78 is 2.28. The first kappa shape index (κ1) is 12.5. The molecule has 4 rings (SSSR count). The van der Waals surface area contributed by atoms with Crippen LogP contribution in [0, 0.1) is 0 Å². The van der Waals surface area contributed by atoms with E-state index in [2.05, 4.69) is 41.1 Å². The van der Waals surface area contributed by atoms with Crippen LogP contribution in [0.3, 0.4) is 0 Å². The zero-order valence-corrected chi connectivity index (χ0v) is 12.0. The predicted molar refractivity (Wildman–Crippen MR) is 85.7 cm³/mol. The normalized spacial score (nSPS) is 15.2. The van der Waals surface area contributed by atoms with Crippen LogP contribution in [-0.4, -0.2) is 9.67 Å². The molecule has 0 spiro atoms. The van der Waals surface area contributed by atoms with Gasteiger partial charge in [0.05, 0.1) is 5.52 Å². The summed E-state index contributed by atoms with van der Waals surface area (Å²) in [5.41, 5.74) is 3.88. The largest absolute Gasteiger partial charge is 0.508 e. The van der Waals surface area contributed by atoms with Gasteiger partial charge in [0.25, 0.3) is 0 Å². The molecular weight excluding hydrogens is 258 g/mol. The van der Waals surface area contributed by atoms with Crippen LogP contribution in [-0.2, 0) is 6.54 Å². The topological polar surface area (TPSA) is 25.2 Å². The summed E-state index contributed by atoms with van der Waals surface area (Å²) in [7, 11) is 0. The number of aromatic nitrogens is 1. The number of phenolic OH excluding ortho intramolecular Hbond substituents is 1. The molecule has 1 aliphatic carbocycles. The van der Waals surface area contributed by atoms with Crippen molar-refractivity contribution in [2.24, 2.45) is 0 Å². The van der Waals surface area contributed by atoms with Crippen LogP contribution in [0.15, 0.2) is 54.7 Å². The summed E-state index contributed by atoms with van der Waals surface area (Å²) in [6.07, 6.45) is 6.23. The Morgan fingerprint density at radius 1 is 1.05 bits per heavy atom. The van der Waals surface area contributed by atoms with Gasteiger partial charge in [0.1, 0.15) is 5.75 Å². The van der Waals surface area contributed by atoms with Gasteiger partial charge >= 0.3 is 0 Å². The third-order valence-electron chi connectivity index (χ3n) is 4.64. The van der Waals surface area contributed by atoms with Crippen molar-refractivity contribution in [3.63, 3.8) is 0 Å². The molecule has 3 aromatic rings. The molecule has 0 amide bonds. The van der Waals surface area contributed by atoms with Gasteiger partial charge in [0.15, 0.2) is 0 Å². The Labute approximate surface area is 124 Å². The fourth-order valence-corrected chi connectivity index (χ4v) is 3.26. The standard InChI is InChI=1S/C19H19NO/c21-16-9-10-17-18(15-7-4-8-15)13-20(19(17)11-16)12-14-5-2-1-3-6-14/h1-3,5-6,9-11,13,15,21H,4,7-8,12H2. The Kier molecular flexibility index (Phi) is 2.95. The Bertz CT molecular complexity index is 769. The summed E-state index contributed by atoms with van der Waals surface area (Å²) in [6.45, 7) is 0.855. The summed E-state index contributed by atoms with van der Waals surface area (Å²) in [4.78, 5) is 0. The molecule has 106 valence electrons. The van der Waals surface area contributed by atoms with Crippen molar-refractivity contribution in [1.82, 2.24) is 4.57 Å². The highest BCUT2D eigenvalue weighted by Gasteiger charge is 2.23. The second-order valence-electron chi connectivity index (χ2n) is 6.03. The van der Waals surface area contributed by atoms with Gasteiger partial charge in [0, 0.05) is 24.2 Å². The maximum atomic E-state index is 9.83. The summed E-state index contributed by atoms with van der Waals surface area (Å²) >= 11 is 0. The van der Waals surface area contributed by atoms with Crippen molar-refractivity contribution >= 4 is 10.9 Å². The lowest BCUT2D eigenvalue weighted by atomic mass is 9.80. The van der Waals surface area contributed by atoms with Gasteiger partial charge in [-0.05, 0) is 42.0 Å². The first-order valence-corrected chi connectivity index (χ1v) is 7.67. The molecule has 2 aromatic carbocycles. The molecule has 0 atom stereocenters. The molecule has 0 aliphatic heterocycles. The van der Waals surface area contributed by atoms with E-state index >= 15 is 0 Å². The van der Waals surface area contributed by atoms with Crippen LogP contribution in [0.2, 0.25) is 0 Å². The Morgan fingerprint density at radius 3 is 2.57 bits per heavy atom. The van der Waals surface area contributed by atoms with E-state index < -0.39 is 0 Å². The van der Waals surface area contributed by atoms with E-state index in [4.69, 9.17) is 0 Å². The molecule has 1 N–H and O–H groups in total. The highest BCUT2D eigenvalue weighted by molar-refractivity contribution is 5.86. The molecule has 1 saturated carbocycles. The Morgan fingerprint density at radius 2 is 1.86 bits per heavy atom. The lowest BCUT2D eigenvalue weighted by Gasteiger charge is -2.24. The highest BCUT2D eigenvalue weighted by Crippen LogP contribution is 2.41. The summed E-state index contributed by atoms with van der Waals surface area (Å²) in [6, 6.07) is 16.3. The van der Waals surface area contributed by atoms with Crippen LogP contribution in [0.1, 0.15) is 36.3 Å². The van der Waals surface area contributed by atoms with E-state index in [9.17, 15) is 5.11 Å². The van der Waals surface area contributed by atoms with Gasteiger partial charge in [-0.25, -0.2) is 0 Å². The Balaban J connectivity index is 1.81. The van der Waals surface area contributed by atoms with E-state index in [1.165, 1.54) is 35.8 Å². The van der Waals surface area contributed by atoms with E-state index in [-0.39, 0.29) is 0 Å². The lowest BCUT2D eigenvalue weighted by Crippen LogP contribution is -2.08. The number of aromatic hydroxyl groups is 1. The van der Waals surface area contributed by atoms with Gasteiger partial charge in [-0.15, -0.1) is 0 Å². The molecule has 0 unspecified atom stereocenters. The van der Waals surface area contributed by atoms with Gasteiger partial charge in [-0.3, -0.25) is 0 Å². The van der Waals surface area contributed by atoms with Crippen molar-refractivity contribution < 1.29 is 5.11 Å². The fourth-order valence-electron chi connectivity index (χ4n) is 3.26. The minimum absolute atomic E-state index is 0.343. The fraction of sp³-hybridized carbons (Fsp3) is 0.263. The quantitative estimate of drug-likeness (QED) is 0.740. The molecule has 21 heavy (non-hydrogen) atoms. The van der Waals surface area contributed by atoms with Crippen molar-refractivity contribution in [3.05, 3.63) is 65.9 Å². The monoisotopic (exact) mass is 277 g/mol. The average molecular weight is 277 g/mol. The van der Waals surface area contributed by atoms with Crippen molar-refractivity contribution in [3.8, 4) is 5.75 Å². The molecular formula is C19H19NO. The Hall–Kier alpha value is -2.22. The number of fused-ring (bicyclic) bond motifs is 1. The molecule has 1 aliphatic rings. The van der Waals surface area contributed by atoms with Crippen LogP contribution in [0.4, 0.5) is 0 Å². The number of hydrogen-bond donors (Lipinski definition) is 1. The van der Waals surface area contributed by atoms with Gasteiger partial charge in [0.2, 0.25) is 0 Å². The number of hydrogen-bond acceptors (Lipinski definition) is 1. The zero-order chi connectivity index (χ0) is 14.2.